The number of nitrogens with zero attached hydrogens (tertiary/aromatic N) is 4. The zero-order chi connectivity index (χ0) is 22.6. The maximum Gasteiger partial charge on any atom is 0.490 e. The number of ether oxygens (including phenoxy) is 2. The zero-order valence-corrected chi connectivity index (χ0v) is 17.3. The topological polar surface area (TPSA) is 97.1 Å². The lowest BCUT2D eigenvalue weighted by atomic mass is 9.87. The number of aromatic nitrogens is 2. The molecule has 0 saturated carbocycles. The Morgan fingerprint density at radius 2 is 1.81 bits per heavy atom. The number of piperidine rings is 1. The van der Waals surface area contributed by atoms with Crippen LogP contribution in [0.15, 0.2) is 12.3 Å². The van der Waals surface area contributed by atoms with E-state index in [1.165, 1.54) is 0 Å². The van der Waals surface area contributed by atoms with Gasteiger partial charge in [-0.2, -0.15) is 18.3 Å². The van der Waals surface area contributed by atoms with Crippen LogP contribution in [0.1, 0.15) is 29.8 Å². The number of hydrogen-bond acceptors (Lipinski definition) is 6. The van der Waals surface area contributed by atoms with Crippen LogP contribution in [0.3, 0.4) is 0 Å². The average molecular weight is 448 g/mol. The summed E-state index contributed by atoms with van der Waals surface area (Å²) >= 11 is 0. The number of alkyl halides is 3. The van der Waals surface area contributed by atoms with Gasteiger partial charge in [0, 0.05) is 45.5 Å². The second kappa shape index (κ2) is 9.53. The van der Waals surface area contributed by atoms with Gasteiger partial charge in [-0.1, -0.05) is 0 Å². The van der Waals surface area contributed by atoms with E-state index in [9.17, 15) is 18.0 Å². The van der Waals surface area contributed by atoms with Crippen molar-refractivity contribution in [1.29, 1.82) is 0 Å². The van der Waals surface area contributed by atoms with Crippen molar-refractivity contribution in [1.82, 2.24) is 19.6 Å². The van der Waals surface area contributed by atoms with Crippen LogP contribution in [0.25, 0.3) is 0 Å². The molecule has 3 fully saturated rings. The number of carboxylic acids is 1. The Labute approximate surface area is 177 Å². The van der Waals surface area contributed by atoms with E-state index in [-0.39, 0.29) is 11.5 Å². The Kier molecular flexibility index (Phi) is 7.22. The molecule has 1 N–H and O–H groups in total. The first-order valence-corrected chi connectivity index (χ1v) is 10.1. The molecule has 1 aromatic heterocycles. The summed E-state index contributed by atoms with van der Waals surface area (Å²) < 4.78 is 45.1. The third-order valence-electron chi connectivity index (χ3n) is 5.89. The van der Waals surface area contributed by atoms with Gasteiger partial charge in [0.15, 0.2) is 0 Å². The highest BCUT2D eigenvalue weighted by Gasteiger charge is 2.45. The Hall–Kier alpha value is -2.18. The first-order chi connectivity index (χ1) is 14.6. The summed E-state index contributed by atoms with van der Waals surface area (Å²) in [5.41, 5.74) is 0.496. The number of carbonyl (C=O) groups excluding carboxylic acids is 1. The smallest absolute Gasteiger partial charge is 0.475 e. The largest absolute Gasteiger partial charge is 0.490 e. The molecule has 1 spiro atoms. The maximum atomic E-state index is 12.5. The minimum Gasteiger partial charge on any atom is -0.475 e. The molecule has 1 amide bonds. The quantitative estimate of drug-likeness (QED) is 0.725. The molecule has 3 aliphatic rings. The molecule has 1 atom stereocenters. The van der Waals surface area contributed by atoms with E-state index >= 15 is 0 Å². The second-order valence-electron chi connectivity index (χ2n) is 7.97. The van der Waals surface area contributed by atoms with Gasteiger partial charge in [0.25, 0.3) is 5.91 Å². The molecular weight excluding hydrogens is 421 g/mol. The van der Waals surface area contributed by atoms with E-state index in [0.717, 1.165) is 65.3 Å². The fourth-order valence-corrected chi connectivity index (χ4v) is 4.15. The summed E-state index contributed by atoms with van der Waals surface area (Å²) in [6, 6.07) is 2.29. The average Bonchev–Trinajstić information content (AvgIpc) is 3.35. The van der Waals surface area contributed by atoms with Gasteiger partial charge in [-0.15, -0.1) is 0 Å². The number of amides is 1. The van der Waals surface area contributed by atoms with E-state index in [2.05, 4.69) is 10.00 Å². The molecule has 174 valence electrons. The van der Waals surface area contributed by atoms with Gasteiger partial charge in [-0.25, -0.2) is 4.79 Å². The van der Waals surface area contributed by atoms with E-state index in [1.807, 2.05) is 18.1 Å². The molecule has 1 aromatic rings. The highest BCUT2D eigenvalue weighted by Crippen LogP contribution is 2.38. The van der Waals surface area contributed by atoms with Crippen molar-refractivity contribution < 1.29 is 37.3 Å². The Morgan fingerprint density at radius 1 is 1.19 bits per heavy atom. The van der Waals surface area contributed by atoms with Crippen molar-refractivity contribution in [2.45, 2.75) is 37.1 Å². The van der Waals surface area contributed by atoms with Gasteiger partial charge >= 0.3 is 12.1 Å². The standard InChI is InChI=1S/C17H26N4O3.C2HF3O2/c1-19-5-2-15(18-19)16(22)21-6-3-17(4-7-21)12-14(13-24-17)20-8-10-23-11-9-20;3-2(4,5)1(6)7/h2,5,14H,3-4,6-13H2,1H3;(H,6,7). The first-order valence-electron chi connectivity index (χ1n) is 10.1. The normalized spacial score (nSPS) is 24.0. The van der Waals surface area contributed by atoms with Crippen LogP contribution < -0.4 is 0 Å². The number of hydrogen-bond donors (Lipinski definition) is 1. The molecule has 12 heteroatoms. The number of morpholine rings is 1. The monoisotopic (exact) mass is 448 g/mol. The van der Waals surface area contributed by atoms with Crippen molar-refractivity contribution in [3.05, 3.63) is 18.0 Å². The minimum absolute atomic E-state index is 0.0353. The molecule has 3 aliphatic heterocycles. The predicted molar refractivity (Wildman–Crippen MR) is 102 cm³/mol. The molecule has 4 rings (SSSR count). The summed E-state index contributed by atoms with van der Waals surface area (Å²) in [5, 5.41) is 11.3. The summed E-state index contributed by atoms with van der Waals surface area (Å²) in [5.74, 6) is -2.72. The molecule has 9 nitrogen and oxygen atoms in total. The number of halogens is 3. The van der Waals surface area contributed by atoms with Gasteiger partial charge in [0.2, 0.25) is 0 Å². The number of rotatable bonds is 2. The number of likely N-dealkylation sites (tertiary alicyclic amines) is 1. The maximum absolute atomic E-state index is 12.5. The van der Waals surface area contributed by atoms with Crippen LogP contribution >= 0.6 is 0 Å². The van der Waals surface area contributed by atoms with Crippen molar-refractivity contribution in [3.63, 3.8) is 0 Å². The van der Waals surface area contributed by atoms with E-state index < -0.39 is 12.1 Å². The van der Waals surface area contributed by atoms with Crippen molar-refractivity contribution >= 4 is 11.9 Å². The molecule has 1 unspecified atom stereocenters. The molecule has 31 heavy (non-hydrogen) atoms. The summed E-state index contributed by atoms with van der Waals surface area (Å²) in [6.07, 6.45) is -0.344. The predicted octanol–water partition coefficient (Wildman–Crippen LogP) is 1.15. The molecule has 0 aromatic carbocycles. The van der Waals surface area contributed by atoms with Crippen molar-refractivity contribution in [3.8, 4) is 0 Å². The molecule has 0 radical (unpaired) electrons. The first kappa shape index (κ1) is 23.5. The lowest BCUT2D eigenvalue weighted by molar-refractivity contribution is -0.192. The van der Waals surface area contributed by atoms with Crippen LogP contribution in [0.4, 0.5) is 13.2 Å². The van der Waals surface area contributed by atoms with Crippen molar-refractivity contribution in [2.75, 3.05) is 46.0 Å². The summed E-state index contributed by atoms with van der Waals surface area (Å²) in [4.78, 5) is 25.8. The van der Waals surface area contributed by atoms with Crippen LogP contribution in [-0.2, 0) is 21.3 Å². The zero-order valence-electron chi connectivity index (χ0n) is 17.3. The van der Waals surface area contributed by atoms with Crippen LogP contribution in [0.5, 0.6) is 0 Å². The van der Waals surface area contributed by atoms with Crippen LogP contribution in [-0.4, -0.2) is 100 Å². The minimum atomic E-state index is -5.08. The number of carboxylic acid groups (broad SMARTS) is 1. The number of aryl methyl sites for hydroxylation is 1. The van der Waals surface area contributed by atoms with E-state index in [4.69, 9.17) is 19.4 Å². The van der Waals surface area contributed by atoms with Crippen LogP contribution in [0, 0.1) is 0 Å². The Morgan fingerprint density at radius 3 is 2.32 bits per heavy atom. The van der Waals surface area contributed by atoms with Crippen LogP contribution in [0.2, 0.25) is 0 Å². The van der Waals surface area contributed by atoms with Gasteiger partial charge < -0.3 is 19.5 Å². The molecule has 3 saturated heterocycles. The van der Waals surface area contributed by atoms with E-state index in [1.54, 1.807) is 10.7 Å². The SMILES string of the molecule is Cn1ccc(C(=O)N2CCC3(CC2)CC(N2CCOCC2)CO3)n1.O=C(O)C(F)(F)F. The molecule has 0 bridgehead atoms. The fourth-order valence-electron chi connectivity index (χ4n) is 4.15. The Bertz CT molecular complexity index is 771. The van der Waals surface area contributed by atoms with Gasteiger partial charge in [0.05, 0.1) is 25.4 Å². The lowest BCUT2D eigenvalue weighted by Crippen LogP contribution is -2.48. The highest BCUT2D eigenvalue weighted by molar-refractivity contribution is 5.92. The van der Waals surface area contributed by atoms with E-state index in [0.29, 0.717) is 11.7 Å². The lowest BCUT2D eigenvalue weighted by Gasteiger charge is -2.39. The summed E-state index contributed by atoms with van der Waals surface area (Å²) in [7, 11) is 1.83. The fraction of sp³-hybridized carbons (Fsp3) is 0.737. The third kappa shape index (κ3) is 5.95. The molecule has 4 heterocycles. The molecule has 0 aliphatic carbocycles. The second-order valence-corrected chi connectivity index (χ2v) is 7.97. The summed E-state index contributed by atoms with van der Waals surface area (Å²) in [6.45, 7) is 6.00. The van der Waals surface area contributed by atoms with Gasteiger partial charge in [0.1, 0.15) is 5.69 Å². The van der Waals surface area contributed by atoms with Gasteiger partial charge in [-0.05, 0) is 25.3 Å². The number of carbonyl (C=O) groups is 2. The third-order valence-corrected chi connectivity index (χ3v) is 5.89. The Balaban J connectivity index is 0.000000339. The molecular formula is C19H27F3N4O5. The number of aliphatic carboxylic acids is 1. The van der Waals surface area contributed by atoms with Crippen molar-refractivity contribution in [2.24, 2.45) is 7.05 Å². The van der Waals surface area contributed by atoms with Gasteiger partial charge in [-0.3, -0.25) is 14.4 Å². The highest BCUT2D eigenvalue weighted by atomic mass is 19.4.